The molecule has 0 heterocycles. The zero-order valence-electron chi connectivity index (χ0n) is 20.0. The average molecular weight is 658 g/mol. The van der Waals surface area contributed by atoms with Crippen LogP contribution in [0.2, 0.25) is 0 Å². The van der Waals surface area contributed by atoms with Gasteiger partial charge in [-0.3, -0.25) is 0 Å². The van der Waals surface area contributed by atoms with E-state index in [0.29, 0.717) is 0 Å². The Labute approximate surface area is 234 Å². The summed E-state index contributed by atoms with van der Waals surface area (Å²) in [7, 11) is 3.36. The topological polar surface area (TPSA) is 0 Å². The van der Waals surface area contributed by atoms with E-state index < -0.39 is 0 Å². The third kappa shape index (κ3) is 9.02. The van der Waals surface area contributed by atoms with E-state index in [9.17, 15) is 0 Å². The summed E-state index contributed by atoms with van der Waals surface area (Å²) in [5.41, 5.74) is 5.48. The summed E-state index contributed by atoms with van der Waals surface area (Å²) in [5, 5.41) is 6.70. The molecule has 0 aliphatic carbocycles. The molecule has 0 aliphatic heterocycles. The first-order chi connectivity index (χ1) is 14.0. The van der Waals surface area contributed by atoms with Crippen molar-refractivity contribution in [2.45, 2.75) is 27.7 Å². The average Bonchev–Trinajstić information content (AvgIpc) is 3.40. The number of aryl methyl sites for hydroxylation is 4. The Morgan fingerprint density at radius 3 is 1.21 bits per heavy atom. The van der Waals surface area contributed by atoms with Crippen molar-refractivity contribution in [2.24, 2.45) is 0 Å². The normalized spacial score (nSPS) is 9.00. The molecule has 33 heavy (non-hydrogen) atoms. The fraction of sp³-hybridized carbons (Fsp3) is 0.138. The molecule has 0 unspecified atom stereocenters. The molecule has 173 valence electrons. The number of hydrogen-bond acceptors (Lipinski definition) is 0. The van der Waals surface area contributed by atoms with E-state index in [1.165, 1.54) is 43.8 Å². The SMILES string of the molecule is Cc1ccc(C)c2[cH-]ccc12.Cc1ccc(C)c2[cH-]ccc12.Cl.Cl.[CH3-].[Hf].[Si]c1ccccc1. The molecule has 5 aromatic rings. The fourth-order valence-corrected chi connectivity index (χ4v) is 3.71. The first-order valence-corrected chi connectivity index (χ1v) is 10.5. The molecule has 0 atom stereocenters. The van der Waals surface area contributed by atoms with Crippen molar-refractivity contribution in [3.63, 3.8) is 0 Å². The summed E-state index contributed by atoms with van der Waals surface area (Å²) in [4.78, 5) is 0. The van der Waals surface area contributed by atoms with E-state index >= 15 is 0 Å². The van der Waals surface area contributed by atoms with Gasteiger partial charge < -0.3 is 7.43 Å². The van der Waals surface area contributed by atoms with Crippen LogP contribution in [0.1, 0.15) is 22.3 Å². The minimum atomic E-state index is 0. The van der Waals surface area contributed by atoms with E-state index in [2.05, 4.69) is 98.6 Å². The number of rotatable bonds is 0. The molecule has 5 aromatic carbocycles. The number of hydrogen-bond donors (Lipinski definition) is 0. The summed E-state index contributed by atoms with van der Waals surface area (Å²) in [6, 6.07) is 31.6. The maximum absolute atomic E-state index is 3.36. The van der Waals surface area contributed by atoms with Crippen LogP contribution < -0.4 is 5.19 Å². The van der Waals surface area contributed by atoms with E-state index in [1.54, 1.807) is 0 Å². The number of benzene rings is 3. The second-order valence-corrected chi connectivity index (χ2v) is 8.05. The van der Waals surface area contributed by atoms with E-state index in [-0.39, 0.29) is 58.1 Å². The third-order valence-electron chi connectivity index (χ3n) is 5.27. The van der Waals surface area contributed by atoms with Gasteiger partial charge in [-0.05, 0) is 13.8 Å². The van der Waals surface area contributed by atoms with Crippen molar-refractivity contribution >= 4 is 61.8 Å². The predicted molar refractivity (Wildman–Crippen MR) is 151 cm³/mol. The largest absolute Gasteiger partial charge is 0.358 e. The Hall–Kier alpha value is -1.45. The van der Waals surface area contributed by atoms with Crippen LogP contribution in [0.4, 0.5) is 0 Å². The second kappa shape index (κ2) is 16.2. The summed E-state index contributed by atoms with van der Waals surface area (Å²) in [5.74, 6) is 0. The molecule has 0 fully saturated rings. The van der Waals surface area contributed by atoms with Gasteiger partial charge in [0.25, 0.3) is 0 Å². The van der Waals surface area contributed by atoms with Crippen molar-refractivity contribution in [1.29, 1.82) is 0 Å². The Morgan fingerprint density at radius 2 is 0.909 bits per heavy atom. The Kier molecular flexibility index (Phi) is 16.6. The van der Waals surface area contributed by atoms with Gasteiger partial charge in [-0.1, -0.05) is 72.6 Å². The van der Waals surface area contributed by atoms with Crippen molar-refractivity contribution in [1.82, 2.24) is 0 Å². The first-order valence-electron chi connectivity index (χ1n) is 9.97. The Bertz CT molecular complexity index is 1060. The molecule has 4 heteroatoms. The smallest absolute Gasteiger partial charge is 0.0711 e. The first kappa shape index (κ1) is 33.7. The minimum absolute atomic E-state index is 0. The van der Waals surface area contributed by atoms with Crippen LogP contribution in [0.15, 0.2) is 91.0 Å². The minimum Gasteiger partial charge on any atom is -0.358 e. The molecule has 3 radical (unpaired) electrons. The van der Waals surface area contributed by atoms with Crippen molar-refractivity contribution in [3.8, 4) is 0 Å². The van der Waals surface area contributed by atoms with Crippen LogP contribution in [0.25, 0.3) is 21.5 Å². The molecule has 0 saturated carbocycles. The number of halogens is 2. The summed E-state index contributed by atoms with van der Waals surface area (Å²) >= 11 is 0. The van der Waals surface area contributed by atoms with Crippen LogP contribution >= 0.6 is 24.8 Å². The van der Waals surface area contributed by atoms with Gasteiger partial charge in [-0.2, -0.15) is 24.3 Å². The van der Waals surface area contributed by atoms with Gasteiger partial charge in [0.15, 0.2) is 0 Å². The molecule has 0 aliphatic rings. The summed E-state index contributed by atoms with van der Waals surface area (Å²) in [6.45, 7) is 8.62. The van der Waals surface area contributed by atoms with Crippen LogP contribution in [0.3, 0.4) is 0 Å². The summed E-state index contributed by atoms with van der Waals surface area (Å²) in [6.07, 6.45) is 0. The Balaban J connectivity index is 0. The predicted octanol–water partition coefficient (Wildman–Crippen LogP) is 8.12. The molecular weight excluding hydrogens is 626 g/mol. The maximum Gasteiger partial charge on any atom is 0.0711 e. The van der Waals surface area contributed by atoms with E-state index in [1.807, 2.05) is 30.3 Å². The van der Waals surface area contributed by atoms with Gasteiger partial charge in [0, 0.05) is 25.8 Å². The Morgan fingerprint density at radius 1 is 0.545 bits per heavy atom. The van der Waals surface area contributed by atoms with Gasteiger partial charge >= 0.3 is 0 Å². The van der Waals surface area contributed by atoms with Gasteiger partial charge in [-0.15, -0.1) is 81.8 Å². The van der Waals surface area contributed by atoms with Crippen LogP contribution in [-0.4, -0.2) is 10.2 Å². The molecule has 0 nitrogen and oxygen atoms in total. The van der Waals surface area contributed by atoms with Crippen molar-refractivity contribution < 1.29 is 25.8 Å². The zero-order valence-corrected chi connectivity index (χ0v) is 26.2. The molecule has 0 N–H and O–H groups in total. The van der Waals surface area contributed by atoms with Crippen LogP contribution in [-0.2, 0) is 25.8 Å². The van der Waals surface area contributed by atoms with E-state index in [4.69, 9.17) is 0 Å². The molecule has 0 saturated heterocycles. The van der Waals surface area contributed by atoms with Crippen molar-refractivity contribution in [2.75, 3.05) is 0 Å². The van der Waals surface area contributed by atoms with Crippen LogP contribution in [0, 0.1) is 35.1 Å². The van der Waals surface area contributed by atoms with Crippen molar-refractivity contribution in [3.05, 3.63) is 121 Å². The second-order valence-electron chi connectivity index (χ2n) is 7.47. The number of fused-ring (bicyclic) bond motifs is 2. The molecule has 0 spiro atoms. The fourth-order valence-electron chi connectivity index (χ4n) is 3.51. The van der Waals surface area contributed by atoms with Gasteiger partial charge in [-0.25, -0.2) is 0 Å². The quantitative estimate of drug-likeness (QED) is 0.117. The summed E-state index contributed by atoms with van der Waals surface area (Å²) < 4.78 is 0. The van der Waals surface area contributed by atoms with Crippen LogP contribution in [0.5, 0.6) is 0 Å². The standard InChI is InChI=1S/2C11H11.C6H5Si.CH3.2ClH.Hf/c2*1-8-6-7-9(2)11-5-3-4-10(8)11;7-6-4-2-1-3-5-6;;;;/h2*3-7H,1-2H3;1-5H;1H3;2*1H;/q2*-1;;-1;;;. The monoisotopic (exact) mass is 658 g/mol. The molecular formula is C29H32Cl2HfSi-3. The third-order valence-corrected chi connectivity index (χ3v) is 5.61. The van der Waals surface area contributed by atoms with E-state index in [0.717, 1.165) is 5.19 Å². The zero-order chi connectivity index (χ0) is 20.8. The molecule has 0 bridgehead atoms. The maximum atomic E-state index is 3.36. The van der Waals surface area contributed by atoms with Gasteiger partial charge in [0.1, 0.15) is 0 Å². The van der Waals surface area contributed by atoms with Gasteiger partial charge in [0.05, 0.1) is 10.2 Å². The molecule has 0 amide bonds. The molecule has 5 rings (SSSR count). The molecule has 0 aromatic heterocycles. The van der Waals surface area contributed by atoms with Gasteiger partial charge in [0.2, 0.25) is 0 Å².